The number of carbonyl (C=O) groups is 1. The summed E-state index contributed by atoms with van der Waals surface area (Å²) in [6.07, 6.45) is 8.30. The zero-order valence-corrected chi connectivity index (χ0v) is 10.9. The molecule has 0 aromatic heterocycles. The summed E-state index contributed by atoms with van der Waals surface area (Å²) in [5.41, 5.74) is 0. The maximum Gasteiger partial charge on any atom is 0.304 e. The summed E-state index contributed by atoms with van der Waals surface area (Å²) in [5, 5.41) is 8.79. The van der Waals surface area contributed by atoms with Crippen LogP contribution in [0.1, 0.15) is 51.9 Å². The van der Waals surface area contributed by atoms with Crippen molar-refractivity contribution in [1.82, 2.24) is 4.90 Å². The van der Waals surface area contributed by atoms with Crippen LogP contribution in [0.2, 0.25) is 0 Å². The first kappa shape index (κ1) is 12.9. The van der Waals surface area contributed by atoms with E-state index in [2.05, 4.69) is 11.8 Å². The number of carboxylic acid groups (broad SMARTS) is 1. The van der Waals surface area contributed by atoms with Crippen LogP contribution in [0.5, 0.6) is 0 Å². The monoisotopic (exact) mass is 239 g/mol. The first-order valence-electron chi connectivity index (χ1n) is 7.11. The Labute approximate surface area is 104 Å². The van der Waals surface area contributed by atoms with Gasteiger partial charge in [0.2, 0.25) is 0 Å². The predicted molar refractivity (Wildman–Crippen MR) is 68.0 cm³/mol. The van der Waals surface area contributed by atoms with Crippen molar-refractivity contribution >= 4 is 5.97 Å². The lowest BCUT2D eigenvalue weighted by atomic mass is 9.82. The van der Waals surface area contributed by atoms with Gasteiger partial charge < -0.3 is 5.11 Å². The van der Waals surface area contributed by atoms with Crippen molar-refractivity contribution in [1.29, 1.82) is 0 Å². The second kappa shape index (κ2) is 5.85. The fraction of sp³-hybridized carbons (Fsp3) is 0.929. The number of carboxylic acids is 1. The zero-order valence-electron chi connectivity index (χ0n) is 10.9. The molecule has 2 atom stereocenters. The molecule has 3 heteroatoms. The summed E-state index contributed by atoms with van der Waals surface area (Å²) in [6, 6.07) is 0.701. The standard InChI is InChI=1S/C14H25NO2/c1-11-3-2-4-12(9-11)10-15(13-5-6-13)8-7-14(16)17/h11-13H,2-10H2,1H3,(H,16,17). The summed E-state index contributed by atoms with van der Waals surface area (Å²) in [5.74, 6) is 1.02. The van der Waals surface area contributed by atoms with Crippen molar-refractivity contribution in [3.8, 4) is 0 Å². The van der Waals surface area contributed by atoms with Gasteiger partial charge in [-0.15, -0.1) is 0 Å². The average Bonchev–Trinajstić information content (AvgIpc) is 3.07. The Balaban J connectivity index is 1.77. The van der Waals surface area contributed by atoms with Gasteiger partial charge in [-0.25, -0.2) is 0 Å². The van der Waals surface area contributed by atoms with Crippen molar-refractivity contribution in [2.24, 2.45) is 11.8 Å². The normalized spacial score (nSPS) is 29.5. The molecule has 2 fully saturated rings. The Bertz CT molecular complexity index is 263. The molecule has 1 N–H and O–H groups in total. The Hall–Kier alpha value is -0.570. The molecule has 2 rings (SSSR count). The highest BCUT2D eigenvalue weighted by molar-refractivity contribution is 5.66. The zero-order chi connectivity index (χ0) is 12.3. The summed E-state index contributed by atoms with van der Waals surface area (Å²) in [7, 11) is 0. The van der Waals surface area contributed by atoms with Crippen LogP contribution in [0.25, 0.3) is 0 Å². The molecule has 0 bridgehead atoms. The van der Waals surface area contributed by atoms with Gasteiger partial charge >= 0.3 is 5.97 Å². The average molecular weight is 239 g/mol. The van der Waals surface area contributed by atoms with Gasteiger partial charge in [-0.3, -0.25) is 9.69 Å². The Morgan fingerprint density at radius 2 is 2.06 bits per heavy atom. The molecule has 0 amide bonds. The Kier molecular flexibility index (Phi) is 4.43. The second-order valence-electron chi connectivity index (χ2n) is 6.01. The quantitative estimate of drug-likeness (QED) is 0.775. The van der Waals surface area contributed by atoms with E-state index in [0.29, 0.717) is 12.5 Å². The molecule has 0 aliphatic heterocycles. The lowest BCUT2D eigenvalue weighted by Crippen LogP contribution is -2.35. The molecule has 17 heavy (non-hydrogen) atoms. The molecular formula is C14H25NO2. The molecule has 0 heterocycles. The lowest BCUT2D eigenvalue weighted by Gasteiger charge is -2.32. The molecule has 2 aliphatic carbocycles. The highest BCUT2D eigenvalue weighted by Gasteiger charge is 2.31. The van der Waals surface area contributed by atoms with Crippen LogP contribution < -0.4 is 0 Å². The maximum atomic E-state index is 10.7. The first-order chi connectivity index (χ1) is 8.15. The van der Waals surface area contributed by atoms with E-state index in [1.165, 1.54) is 38.5 Å². The summed E-state index contributed by atoms with van der Waals surface area (Å²) < 4.78 is 0. The molecule has 0 radical (unpaired) electrons. The van der Waals surface area contributed by atoms with Crippen molar-refractivity contribution in [3.05, 3.63) is 0 Å². The van der Waals surface area contributed by atoms with Gasteiger partial charge in [0.1, 0.15) is 0 Å². The van der Waals surface area contributed by atoms with Gasteiger partial charge in [-0.2, -0.15) is 0 Å². The van der Waals surface area contributed by atoms with E-state index in [9.17, 15) is 4.79 Å². The third kappa shape index (κ3) is 4.30. The minimum atomic E-state index is -0.660. The third-order valence-corrected chi connectivity index (χ3v) is 4.21. The molecule has 0 aromatic rings. The fourth-order valence-corrected chi connectivity index (χ4v) is 3.16. The van der Waals surface area contributed by atoms with Crippen LogP contribution in [-0.4, -0.2) is 35.1 Å². The highest BCUT2D eigenvalue weighted by atomic mass is 16.4. The van der Waals surface area contributed by atoms with Crippen molar-refractivity contribution < 1.29 is 9.90 Å². The number of nitrogens with zero attached hydrogens (tertiary/aromatic N) is 1. The number of hydrogen-bond donors (Lipinski definition) is 1. The second-order valence-corrected chi connectivity index (χ2v) is 6.01. The SMILES string of the molecule is CC1CCCC(CN(CCC(=O)O)C2CC2)C1. The molecule has 98 valence electrons. The van der Waals surface area contributed by atoms with E-state index in [0.717, 1.165) is 24.9 Å². The minimum absolute atomic E-state index is 0.304. The molecule has 2 aliphatic rings. The van der Waals surface area contributed by atoms with E-state index >= 15 is 0 Å². The van der Waals surface area contributed by atoms with Crippen molar-refractivity contribution in [3.63, 3.8) is 0 Å². The fourth-order valence-electron chi connectivity index (χ4n) is 3.16. The van der Waals surface area contributed by atoms with Gasteiger partial charge in [-0.05, 0) is 37.5 Å². The van der Waals surface area contributed by atoms with E-state index in [1.807, 2.05) is 0 Å². The number of aliphatic carboxylic acids is 1. The molecule has 3 nitrogen and oxygen atoms in total. The lowest BCUT2D eigenvalue weighted by molar-refractivity contribution is -0.137. The largest absolute Gasteiger partial charge is 0.481 e. The summed E-state index contributed by atoms with van der Waals surface area (Å²) in [4.78, 5) is 13.1. The summed E-state index contributed by atoms with van der Waals surface area (Å²) >= 11 is 0. The predicted octanol–water partition coefficient (Wildman–Crippen LogP) is 2.75. The summed E-state index contributed by atoms with van der Waals surface area (Å²) in [6.45, 7) is 4.25. The third-order valence-electron chi connectivity index (χ3n) is 4.21. The Morgan fingerprint density at radius 3 is 2.65 bits per heavy atom. The van der Waals surface area contributed by atoms with E-state index < -0.39 is 5.97 Å². The maximum absolute atomic E-state index is 10.7. The van der Waals surface area contributed by atoms with Crippen LogP contribution in [0.4, 0.5) is 0 Å². The van der Waals surface area contributed by atoms with Crippen LogP contribution in [0.3, 0.4) is 0 Å². The molecule has 2 unspecified atom stereocenters. The van der Waals surface area contributed by atoms with Crippen molar-refractivity contribution in [2.45, 2.75) is 57.9 Å². The highest BCUT2D eigenvalue weighted by Crippen LogP contribution is 2.33. The van der Waals surface area contributed by atoms with Gasteiger partial charge in [0.25, 0.3) is 0 Å². The molecule has 0 saturated heterocycles. The number of rotatable bonds is 6. The van der Waals surface area contributed by atoms with Gasteiger partial charge in [0.15, 0.2) is 0 Å². The topological polar surface area (TPSA) is 40.5 Å². The van der Waals surface area contributed by atoms with Crippen LogP contribution in [0, 0.1) is 11.8 Å². The van der Waals surface area contributed by atoms with Gasteiger partial charge in [0, 0.05) is 19.1 Å². The van der Waals surface area contributed by atoms with Crippen LogP contribution >= 0.6 is 0 Å². The van der Waals surface area contributed by atoms with Gasteiger partial charge in [0.05, 0.1) is 6.42 Å². The smallest absolute Gasteiger partial charge is 0.304 e. The first-order valence-corrected chi connectivity index (χ1v) is 7.11. The molecule has 0 spiro atoms. The van der Waals surface area contributed by atoms with Gasteiger partial charge in [-0.1, -0.05) is 19.8 Å². The van der Waals surface area contributed by atoms with E-state index in [1.54, 1.807) is 0 Å². The van der Waals surface area contributed by atoms with E-state index in [4.69, 9.17) is 5.11 Å². The molecule has 0 aromatic carbocycles. The van der Waals surface area contributed by atoms with E-state index in [-0.39, 0.29) is 0 Å². The number of hydrogen-bond acceptors (Lipinski definition) is 2. The van der Waals surface area contributed by atoms with Crippen LogP contribution in [-0.2, 0) is 4.79 Å². The Morgan fingerprint density at radius 1 is 1.29 bits per heavy atom. The molecule has 2 saturated carbocycles. The minimum Gasteiger partial charge on any atom is -0.481 e. The molecular weight excluding hydrogens is 214 g/mol. The van der Waals surface area contributed by atoms with Crippen LogP contribution in [0.15, 0.2) is 0 Å². The van der Waals surface area contributed by atoms with Crippen molar-refractivity contribution in [2.75, 3.05) is 13.1 Å².